The number of aryl methyl sites for hydroxylation is 2. The number of nitrogens with zero attached hydrogens (tertiary/aromatic N) is 10. The number of methoxy groups -OCH3 is 2. The van der Waals surface area contributed by atoms with Crippen molar-refractivity contribution in [1.29, 1.82) is 0 Å². The van der Waals surface area contributed by atoms with Crippen LogP contribution in [0.15, 0.2) is 95.0 Å². The SMILES string of the molecule is CO[C@@H]1CC[C@@H](n2c(=O)n(C)c3cnc4ccc(-c5ccc(OCCCN6CCCC6)nc5)cc4c32)C1.CO[C@H]1CC[C@H](n2c(=O)n(C)c3cnc4ccc(-c5ccc(OCCCN6CCCC6)nc5)cc4c32)C1. The first kappa shape index (κ1) is 49.7. The normalized spacial score (nSPS) is 20.4. The fourth-order valence-electron chi connectivity index (χ4n) is 12.0. The molecule has 8 heterocycles. The van der Waals surface area contributed by atoms with Crippen LogP contribution in [-0.2, 0) is 23.6 Å². The fourth-order valence-corrected chi connectivity index (χ4v) is 12.0. The zero-order valence-corrected chi connectivity index (χ0v) is 43.5. The first-order valence-corrected chi connectivity index (χ1v) is 26.9. The minimum absolute atomic E-state index is 0.00403. The molecule has 6 aromatic heterocycles. The summed E-state index contributed by atoms with van der Waals surface area (Å²) in [6, 6.07) is 20.7. The molecule has 388 valence electrons. The van der Waals surface area contributed by atoms with E-state index in [2.05, 4.69) is 66.1 Å². The van der Waals surface area contributed by atoms with Gasteiger partial charge in [0.1, 0.15) is 0 Å². The standard InChI is InChI=1S/2C29H35N5O3/c2*1-32-26-19-30-25-10-6-20(16-24(25)28(26)34(29(32)35)22-8-9-23(17-22)36-2)21-7-11-27(31-18-21)37-15-5-14-33-12-3-4-13-33/h2*6-7,10-11,16,18-19,22-23H,3-5,8-9,12-15,17H2,1-2H3/t2*22-,23-/m10/s1. The van der Waals surface area contributed by atoms with E-state index in [4.69, 9.17) is 18.9 Å². The van der Waals surface area contributed by atoms with Gasteiger partial charge in [0.05, 0.1) is 70.9 Å². The first-order valence-electron chi connectivity index (χ1n) is 26.9. The van der Waals surface area contributed by atoms with Crippen LogP contribution in [0.2, 0.25) is 0 Å². The molecular weight excluding hydrogens is 933 g/mol. The molecule has 0 spiro atoms. The van der Waals surface area contributed by atoms with Gasteiger partial charge in [-0.3, -0.25) is 28.2 Å². The molecule has 4 atom stereocenters. The van der Waals surface area contributed by atoms with Crippen LogP contribution in [0.1, 0.15) is 89.1 Å². The Morgan fingerprint density at radius 2 is 0.932 bits per heavy atom. The van der Waals surface area contributed by atoms with E-state index in [0.717, 1.165) is 131 Å². The number of hydrogen-bond donors (Lipinski definition) is 0. The molecule has 0 bridgehead atoms. The lowest BCUT2D eigenvalue weighted by Gasteiger charge is -2.14. The molecule has 4 fully saturated rings. The summed E-state index contributed by atoms with van der Waals surface area (Å²) in [5, 5.41) is 1.96. The van der Waals surface area contributed by atoms with Gasteiger partial charge in [0, 0.05) is 99.9 Å². The van der Waals surface area contributed by atoms with Gasteiger partial charge in [-0.25, -0.2) is 19.6 Å². The van der Waals surface area contributed by atoms with Crippen LogP contribution in [0.25, 0.3) is 66.1 Å². The Morgan fingerprint density at radius 3 is 1.31 bits per heavy atom. The maximum atomic E-state index is 13.3. The zero-order valence-electron chi connectivity index (χ0n) is 43.5. The highest BCUT2D eigenvalue weighted by atomic mass is 16.5. The largest absolute Gasteiger partial charge is 0.478 e. The number of likely N-dealkylation sites (tertiary alicyclic amines) is 2. The number of fused-ring (bicyclic) bond motifs is 6. The third kappa shape index (κ3) is 10.2. The summed E-state index contributed by atoms with van der Waals surface area (Å²) in [6.07, 6.45) is 20.6. The highest BCUT2D eigenvalue weighted by Gasteiger charge is 2.31. The summed E-state index contributed by atoms with van der Waals surface area (Å²) in [7, 11) is 7.16. The van der Waals surface area contributed by atoms with Crippen LogP contribution in [0.4, 0.5) is 0 Å². The number of imidazole rings is 2. The average molecular weight is 1000 g/mol. The van der Waals surface area contributed by atoms with Gasteiger partial charge in [-0.05, 0) is 151 Å². The van der Waals surface area contributed by atoms with Crippen molar-refractivity contribution >= 4 is 43.9 Å². The van der Waals surface area contributed by atoms with Gasteiger partial charge >= 0.3 is 11.4 Å². The minimum atomic E-state index is 0.00403. The van der Waals surface area contributed by atoms with Crippen molar-refractivity contribution in [1.82, 2.24) is 48.0 Å². The van der Waals surface area contributed by atoms with E-state index < -0.39 is 0 Å². The Balaban J connectivity index is 0.000000159. The van der Waals surface area contributed by atoms with E-state index in [0.29, 0.717) is 25.0 Å². The smallest absolute Gasteiger partial charge is 0.329 e. The van der Waals surface area contributed by atoms with Gasteiger partial charge in [-0.15, -0.1) is 0 Å². The number of hydrogen-bond acceptors (Lipinski definition) is 12. The number of pyridine rings is 4. The number of aromatic nitrogens is 8. The molecule has 74 heavy (non-hydrogen) atoms. The molecule has 16 heteroatoms. The van der Waals surface area contributed by atoms with Gasteiger partial charge < -0.3 is 28.7 Å². The molecule has 0 amide bonds. The summed E-state index contributed by atoms with van der Waals surface area (Å²) in [5.74, 6) is 1.31. The first-order chi connectivity index (χ1) is 36.2. The lowest BCUT2D eigenvalue weighted by Crippen LogP contribution is -2.25. The molecule has 16 nitrogen and oxygen atoms in total. The maximum absolute atomic E-state index is 13.3. The van der Waals surface area contributed by atoms with Crippen LogP contribution in [0.3, 0.4) is 0 Å². The fraction of sp³-hybridized carbons (Fsp3) is 0.483. The van der Waals surface area contributed by atoms with E-state index in [1.165, 1.54) is 51.9 Å². The number of ether oxygens (including phenoxy) is 4. The summed E-state index contributed by atoms with van der Waals surface area (Å²) in [4.78, 5) is 50.1. The molecule has 2 aliphatic heterocycles. The summed E-state index contributed by atoms with van der Waals surface area (Å²) >= 11 is 0. The second-order valence-corrected chi connectivity index (χ2v) is 20.8. The van der Waals surface area contributed by atoms with Crippen LogP contribution in [0.5, 0.6) is 11.8 Å². The van der Waals surface area contributed by atoms with Gasteiger partial charge in [-0.2, -0.15) is 0 Å². The van der Waals surface area contributed by atoms with Gasteiger partial charge in [0.15, 0.2) is 0 Å². The number of rotatable bonds is 16. The minimum Gasteiger partial charge on any atom is -0.478 e. The molecule has 2 saturated carbocycles. The molecule has 2 saturated heterocycles. The van der Waals surface area contributed by atoms with E-state index in [1.807, 2.05) is 72.3 Å². The Morgan fingerprint density at radius 1 is 0.514 bits per heavy atom. The third-order valence-electron chi connectivity index (χ3n) is 16.2. The predicted octanol–water partition coefficient (Wildman–Crippen LogP) is 9.11. The monoisotopic (exact) mass is 1000 g/mol. The lowest BCUT2D eigenvalue weighted by atomic mass is 10.0. The molecule has 4 aliphatic rings. The van der Waals surface area contributed by atoms with E-state index >= 15 is 0 Å². The second kappa shape index (κ2) is 22.2. The Bertz CT molecular complexity index is 3130. The van der Waals surface area contributed by atoms with Crippen LogP contribution in [0, 0.1) is 0 Å². The summed E-state index contributed by atoms with van der Waals surface area (Å²) in [5.41, 5.74) is 9.47. The topological polar surface area (TPSA) is 149 Å². The predicted molar refractivity (Wildman–Crippen MR) is 290 cm³/mol. The van der Waals surface area contributed by atoms with Crippen molar-refractivity contribution in [3.63, 3.8) is 0 Å². The number of benzene rings is 2. The van der Waals surface area contributed by atoms with Crippen molar-refractivity contribution in [2.24, 2.45) is 14.1 Å². The second-order valence-electron chi connectivity index (χ2n) is 20.8. The van der Waals surface area contributed by atoms with E-state index in [1.54, 1.807) is 23.4 Å². The van der Waals surface area contributed by atoms with Gasteiger partial charge in [-0.1, -0.05) is 12.1 Å². The van der Waals surface area contributed by atoms with Gasteiger partial charge in [0.25, 0.3) is 0 Å². The molecule has 12 rings (SSSR count). The van der Waals surface area contributed by atoms with Crippen molar-refractivity contribution in [2.45, 2.75) is 101 Å². The molecule has 0 N–H and O–H groups in total. The Kier molecular flexibility index (Phi) is 14.9. The summed E-state index contributed by atoms with van der Waals surface area (Å²) in [6.45, 7) is 8.41. The van der Waals surface area contributed by atoms with Crippen molar-refractivity contribution < 1.29 is 18.9 Å². The molecule has 0 radical (unpaired) electrons. The van der Waals surface area contributed by atoms with E-state index in [9.17, 15) is 9.59 Å². The molecular formula is C58H70N10O6. The quantitative estimate of drug-likeness (QED) is 0.0851. The summed E-state index contributed by atoms with van der Waals surface area (Å²) < 4.78 is 30.3. The van der Waals surface area contributed by atoms with Gasteiger partial charge in [0.2, 0.25) is 11.8 Å². The molecule has 2 aromatic carbocycles. The average Bonchev–Trinajstić information content (AvgIpc) is 4.33. The maximum Gasteiger partial charge on any atom is 0.329 e. The van der Waals surface area contributed by atoms with E-state index in [-0.39, 0.29) is 35.7 Å². The van der Waals surface area contributed by atoms with Crippen LogP contribution in [-0.4, -0.2) is 127 Å². The Hall–Kier alpha value is -6.46. The lowest BCUT2D eigenvalue weighted by molar-refractivity contribution is 0.105. The van der Waals surface area contributed by atoms with Crippen molar-refractivity contribution in [2.75, 3.05) is 66.7 Å². The highest BCUT2D eigenvalue weighted by Crippen LogP contribution is 2.38. The molecule has 2 aliphatic carbocycles. The Labute approximate surface area is 431 Å². The molecule has 0 unspecified atom stereocenters. The molecule has 8 aromatic rings. The third-order valence-corrected chi connectivity index (χ3v) is 16.2. The highest BCUT2D eigenvalue weighted by molar-refractivity contribution is 6.05. The zero-order chi connectivity index (χ0) is 50.7. The van der Waals surface area contributed by atoms with Crippen molar-refractivity contribution in [3.05, 3.63) is 106 Å². The van der Waals surface area contributed by atoms with Crippen LogP contribution < -0.4 is 20.9 Å². The van der Waals surface area contributed by atoms with Crippen LogP contribution >= 0.6 is 0 Å². The van der Waals surface area contributed by atoms with Crippen molar-refractivity contribution in [3.8, 4) is 34.0 Å².